The van der Waals surface area contributed by atoms with E-state index in [0.29, 0.717) is 19.4 Å². The third-order valence-corrected chi connectivity index (χ3v) is 3.26. The Balaban J connectivity index is 0.000000791. The predicted molar refractivity (Wildman–Crippen MR) is 73.7 cm³/mol. The maximum absolute atomic E-state index is 11.3. The molecule has 82 valence electrons. The number of nitrogens with zero attached hydrogens (tertiary/aromatic N) is 1. The Morgan fingerprint density at radius 1 is 1.21 bits per heavy atom. The summed E-state index contributed by atoms with van der Waals surface area (Å²) in [6, 6.07) is 0. The van der Waals surface area contributed by atoms with Crippen LogP contribution in [0.15, 0.2) is 0 Å². The molecular formula is C9H15I2NO2. The third kappa shape index (κ3) is 4.00. The number of carbonyl (C=O) groups is 2. The molecule has 0 aromatic rings. The van der Waals surface area contributed by atoms with Crippen LogP contribution in [0.25, 0.3) is 0 Å². The number of likely N-dealkylation sites (tertiary alicyclic amines) is 1. The summed E-state index contributed by atoms with van der Waals surface area (Å²) in [6.07, 6.45) is 0.932. The molecule has 1 rings (SSSR count). The summed E-state index contributed by atoms with van der Waals surface area (Å²) < 4.78 is -0.199. The van der Waals surface area contributed by atoms with Gasteiger partial charge in [-0.1, -0.05) is 59.0 Å². The molecule has 0 saturated carbocycles. The van der Waals surface area contributed by atoms with Gasteiger partial charge in [-0.25, -0.2) is 0 Å². The lowest BCUT2D eigenvalue weighted by molar-refractivity contribution is -0.147. The molecule has 3 nitrogen and oxygen atoms in total. The molecule has 0 bridgehead atoms. The van der Waals surface area contributed by atoms with E-state index in [1.807, 2.05) is 20.8 Å². The van der Waals surface area contributed by atoms with Gasteiger partial charge in [-0.15, -0.1) is 0 Å². The second-order valence-electron chi connectivity index (χ2n) is 2.74. The maximum atomic E-state index is 11.3. The number of alkyl halides is 2. The second kappa shape index (κ2) is 6.24. The van der Waals surface area contributed by atoms with Gasteiger partial charge >= 0.3 is 0 Å². The summed E-state index contributed by atoms with van der Waals surface area (Å²) in [4.78, 5) is 24.0. The summed E-state index contributed by atoms with van der Waals surface area (Å²) in [5, 5.41) is 0. The minimum Gasteiger partial charge on any atom is -0.283 e. The standard InChI is InChI=1S/C7H9I2NO2.C2H6/c1-2-10-5(11)3-7(8,9)4-6(10)12;1-2/h2-4H2,1H3;1-2H3. The molecular weight excluding hydrogens is 408 g/mol. The largest absolute Gasteiger partial charge is 0.283 e. The molecule has 0 atom stereocenters. The predicted octanol–water partition coefficient (Wildman–Crippen LogP) is 2.75. The van der Waals surface area contributed by atoms with E-state index in [0.717, 1.165) is 0 Å². The molecule has 0 N–H and O–H groups in total. The van der Waals surface area contributed by atoms with Gasteiger partial charge in [0.25, 0.3) is 0 Å². The van der Waals surface area contributed by atoms with Crippen LogP contribution < -0.4 is 0 Å². The average molecular weight is 423 g/mol. The Labute approximate surface area is 112 Å². The molecule has 1 fully saturated rings. The molecule has 0 aliphatic carbocycles. The van der Waals surface area contributed by atoms with Crippen molar-refractivity contribution in [2.75, 3.05) is 6.54 Å². The van der Waals surface area contributed by atoms with Gasteiger partial charge in [0.1, 0.15) is 0 Å². The van der Waals surface area contributed by atoms with E-state index in [4.69, 9.17) is 0 Å². The SMILES string of the molecule is CC.CCN1C(=O)CC(I)(I)CC1=O. The fraction of sp³-hybridized carbons (Fsp3) is 0.778. The molecule has 1 aliphatic heterocycles. The van der Waals surface area contributed by atoms with Crippen molar-refractivity contribution in [1.82, 2.24) is 4.90 Å². The highest BCUT2D eigenvalue weighted by Gasteiger charge is 2.39. The van der Waals surface area contributed by atoms with Gasteiger partial charge in [0, 0.05) is 6.54 Å². The molecule has 0 aromatic heterocycles. The number of rotatable bonds is 1. The minimum atomic E-state index is -0.199. The van der Waals surface area contributed by atoms with E-state index in [-0.39, 0.29) is 13.2 Å². The van der Waals surface area contributed by atoms with E-state index in [9.17, 15) is 9.59 Å². The minimum absolute atomic E-state index is 0.0439. The molecule has 14 heavy (non-hydrogen) atoms. The highest BCUT2D eigenvalue weighted by molar-refractivity contribution is 14.2. The van der Waals surface area contributed by atoms with Gasteiger partial charge in [0.05, 0.1) is 14.3 Å². The Morgan fingerprint density at radius 3 is 1.86 bits per heavy atom. The molecule has 5 heteroatoms. The molecule has 0 unspecified atom stereocenters. The first kappa shape index (κ1) is 14.6. The maximum Gasteiger partial charge on any atom is 0.231 e. The number of carbonyl (C=O) groups excluding carboxylic acids is 2. The van der Waals surface area contributed by atoms with Gasteiger partial charge in [0.15, 0.2) is 0 Å². The zero-order valence-electron chi connectivity index (χ0n) is 8.64. The fourth-order valence-corrected chi connectivity index (χ4v) is 2.49. The van der Waals surface area contributed by atoms with Crippen molar-refractivity contribution in [2.24, 2.45) is 0 Å². The van der Waals surface area contributed by atoms with E-state index in [1.165, 1.54) is 4.90 Å². The Bertz CT molecular complexity index is 209. The average Bonchev–Trinajstić information content (AvgIpc) is 2.05. The molecule has 0 spiro atoms. The summed E-state index contributed by atoms with van der Waals surface area (Å²) >= 11 is 4.33. The zero-order valence-corrected chi connectivity index (χ0v) is 13.0. The van der Waals surface area contributed by atoms with Crippen LogP contribution >= 0.6 is 45.2 Å². The Kier molecular flexibility index (Phi) is 6.51. The molecule has 1 saturated heterocycles. The molecule has 0 radical (unpaired) electrons. The Hall–Kier alpha value is 0.600. The van der Waals surface area contributed by atoms with Crippen LogP contribution in [0.4, 0.5) is 0 Å². The lowest BCUT2D eigenvalue weighted by Crippen LogP contribution is -2.46. The van der Waals surface area contributed by atoms with Crippen LogP contribution in [0.2, 0.25) is 0 Å². The molecule has 0 aromatic carbocycles. The van der Waals surface area contributed by atoms with Crippen molar-refractivity contribution in [1.29, 1.82) is 0 Å². The van der Waals surface area contributed by atoms with Crippen molar-refractivity contribution in [3.05, 3.63) is 0 Å². The van der Waals surface area contributed by atoms with Gasteiger partial charge < -0.3 is 0 Å². The van der Waals surface area contributed by atoms with Crippen LogP contribution in [-0.2, 0) is 9.59 Å². The summed E-state index contributed by atoms with van der Waals surface area (Å²) in [5.74, 6) is -0.0879. The highest BCUT2D eigenvalue weighted by Crippen LogP contribution is 2.39. The van der Waals surface area contributed by atoms with E-state index >= 15 is 0 Å². The van der Waals surface area contributed by atoms with Crippen molar-refractivity contribution in [3.8, 4) is 0 Å². The monoisotopic (exact) mass is 423 g/mol. The summed E-state index contributed by atoms with van der Waals surface area (Å²) in [7, 11) is 0. The fourth-order valence-electron chi connectivity index (χ4n) is 1.19. The lowest BCUT2D eigenvalue weighted by atomic mass is 10.1. The van der Waals surface area contributed by atoms with Crippen LogP contribution in [0, 0.1) is 0 Å². The summed E-state index contributed by atoms with van der Waals surface area (Å²) in [6.45, 7) is 6.32. The quantitative estimate of drug-likeness (QED) is 0.370. The van der Waals surface area contributed by atoms with Crippen LogP contribution in [0.3, 0.4) is 0 Å². The van der Waals surface area contributed by atoms with Crippen LogP contribution in [0.5, 0.6) is 0 Å². The number of imide groups is 1. The third-order valence-electron chi connectivity index (χ3n) is 1.74. The number of hydrogen-bond donors (Lipinski definition) is 0. The van der Waals surface area contributed by atoms with Crippen LogP contribution in [0.1, 0.15) is 33.6 Å². The number of halogens is 2. The lowest BCUT2D eigenvalue weighted by Gasteiger charge is -2.31. The Morgan fingerprint density at radius 2 is 1.57 bits per heavy atom. The smallest absolute Gasteiger partial charge is 0.231 e. The molecule has 1 heterocycles. The van der Waals surface area contributed by atoms with Crippen LogP contribution in [-0.4, -0.2) is 24.7 Å². The van der Waals surface area contributed by atoms with E-state index < -0.39 is 0 Å². The molecule has 1 aliphatic rings. The topological polar surface area (TPSA) is 37.4 Å². The number of hydrogen-bond acceptors (Lipinski definition) is 2. The molecule has 2 amide bonds. The first-order chi connectivity index (χ1) is 6.46. The van der Waals surface area contributed by atoms with Gasteiger partial charge in [-0.05, 0) is 6.92 Å². The van der Waals surface area contributed by atoms with Gasteiger partial charge in [0.2, 0.25) is 11.8 Å². The zero-order chi connectivity index (χ0) is 11.4. The van der Waals surface area contributed by atoms with E-state index in [2.05, 4.69) is 45.2 Å². The van der Waals surface area contributed by atoms with Crippen molar-refractivity contribution in [2.45, 2.75) is 35.0 Å². The van der Waals surface area contributed by atoms with Crippen molar-refractivity contribution in [3.63, 3.8) is 0 Å². The first-order valence-corrected chi connectivity index (χ1v) is 6.83. The highest BCUT2D eigenvalue weighted by atomic mass is 127. The van der Waals surface area contributed by atoms with Gasteiger partial charge in [-0.3, -0.25) is 14.5 Å². The van der Waals surface area contributed by atoms with E-state index in [1.54, 1.807) is 0 Å². The number of amides is 2. The number of piperidine rings is 1. The van der Waals surface area contributed by atoms with Crippen molar-refractivity contribution < 1.29 is 9.59 Å². The van der Waals surface area contributed by atoms with Gasteiger partial charge in [-0.2, -0.15) is 0 Å². The normalized spacial score (nSPS) is 20.2. The van der Waals surface area contributed by atoms with Crippen molar-refractivity contribution >= 4 is 57.0 Å². The second-order valence-corrected chi connectivity index (χ2v) is 8.94. The first-order valence-electron chi connectivity index (χ1n) is 4.67. The summed E-state index contributed by atoms with van der Waals surface area (Å²) in [5.41, 5.74) is 0.